The van der Waals surface area contributed by atoms with E-state index in [1.165, 1.54) is 12.5 Å². The van der Waals surface area contributed by atoms with Crippen LogP contribution in [0.1, 0.15) is 31.9 Å². The van der Waals surface area contributed by atoms with Gasteiger partial charge >= 0.3 is 5.97 Å². The van der Waals surface area contributed by atoms with Crippen LogP contribution in [0.4, 0.5) is 0 Å². The van der Waals surface area contributed by atoms with Crippen LogP contribution in [0.2, 0.25) is 0 Å². The van der Waals surface area contributed by atoms with Crippen LogP contribution in [0, 0.1) is 0 Å². The molecule has 0 unspecified atom stereocenters. The maximum Gasteiger partial charge on any atom is 0.308 e. The third kappa shape index (κ3) is 4.69. The number of ether oxygens (including phenoxy) is 1. The molecule has 4 nitrogen and oxygen atoms in total. The van der Waals surface area contributed by atoms with E-state index in [1.54, 1.807) is 0 Å². The topological polar surface area (TPSA) is 41.6 Å². The second kappa shape index (κ2) is 7.38. The maximum atomic E-state index is 11.1. The zero-order valence-electron chi connectivity index (χ0n) is 12.9. The number of rotatable bonds is 5. The highest BCUT2D eigenvalue weighted by molar-refractivity contribution is 5.69. The number of benzene rings is 1. The van der Waals surface area contributed by atoms with Gasteiger partial charge in [0.25, 0.3) is 0 Å². The van der Waals surface area contributed by atoms with Crippen molar-refractivity contribution in [1.29, 1.82) is 0 Å². The monoisotopic (exact) mass is 288 g/mol. The van der Waals surface area contributed by atoms with Gasteiger partial charge in [0, 0.05) is 39.1 Å². The fourth-order valence-corrected chi connectivity index (χ4v) is 2.73. The summed E-state index contributed by atoms with van der Waals surface area (Å²) in [7, 11) is 0. The summed E-state index contributed by atoms with van der Waals surface area (Å²) in [6, 6.07) is 8.13. The van der Waals surface area contributed by atoms with Gasteiger partial charge in [0.1, 0.15) is 5.75 Å². The average Bonchev–Trinajstić information content (AvgIpc) is 2.45. The van der Waals surface area contributed by atoms with Crippen molar-refractivity contribution in [2.75, 3.05) is 26.2 Å². The molecule has 0 aromatic heterocycles. The van der Waals surface area contributed by atoms with Crippen LogP contribution in [0.15, 0.2) is 36.4 Å². The Morgan fingerprint density at radius 2 is 2.10 bits per heavy atom. The number of nitrogens with zero attached hydrogens (tertiary/aromatic N) is 1. The van der Waals surface area contributed by atoms with Gasteiger partial charge in [-0.15, -0.1) is 6.58 Å². The van der Waals surface area contributed by atoms with Gasteiger partial charge in [-0.1, -0.05) is 17.7 Å². The molecular weight excluding hydrogens is 264 g/mol. The summed E-state index contributed by atoms with van der Waals surface area (Å²) < 4.78 is 5.21. The van der Waals surface area contributed by atoms with Gasteiger partial charge in [-0.25, -0.2) is 0 Å². The van der Waals surface area contributed by atoms with Crippen LogP contribution in [0.3, 0.4) is 0 Å². The number of carbonyl (C=O) groups is 1. The van der Waals surface area contributed by atoms with Gasteiger partial charge in [-0.05, 0) is 31.0 Å². The van der Waals surface area contributed by atoms with Gasteiger partial charge in [-0.3, -0.25) is 9.69 Å². The lowest BCUT2D eigenvalue weighted by atomic mass is 9.98. The number of hydrogen-bond donors (Lipinski definition) is 1. The number of esters is 1. The fraction of sp³-hybridized carbons (Fsp3) is 0.471. The third-order valence-electron chi connectivity index (χ3n) is 3.64. The van der Waals surface area contributed by atoms with E-state index in [4.69, 9.17) is 4.74 Å². The first-order valence-electron chi connectivity index (χ1n) is 7.44. The van der Waals surface area contributed by atoms with Gasteiger partial charge in [-0.2, -0.15) is 0 Å². The van der Waals surface area contributed by atoms with Crippen molar-refractivity contribution in [1.82, 2.24) is 10.2 Å². The van der Waals surface area contributed by atoms with Crippen molar-refractivity contribution in [2.24, 2.45) is 0 Å². The smallest absolute Gasteiger partial charge is 0.308 e. The predicted molar refractivity (Wildman–Crippen MR) is 84.4 cm³/mol. The van der Waals surface area contributed by atoms with E-state index in [1.807, 2.05) is 18.2 Å². The van der Waals surface area contributed by atoms with Crippen LogP contribution in [-0.2, 0) is 4.79 Å². The minimum atomic E-state index is -0.286. The molecule has 1 atom stereocenters. The Labute approximate surface area is 126 Å². The molecule has 1 aliphatic rings. The number of piperazine rings is 1. The number of carbonyl (C=O) groups excluding carboxylic acids is 1. The quantitative estimate of drug-likeness (QED) is 0.513. The minimum Gasteiger partial charge on any atom is -0.427 e. The highest BCUT2D eigenvalue weighted by Gasteiger charge is 2.22. The highest BCUT2D eigenvalue weighted by Crippen LogP contribution is 2.29. The zero-order chi connectivity index (χ0) is 15.2. The van der Waals surface area contributed by atoms with Crippen LogP contribution < -0.4 is 10.1 Å². The molecule has 1 aromatic rings. The second-order valence-electron chi connectivity index (χ2n) is 5.63. The van der Waals surface area contributed by atoms with E-state index in [9.17, 15) is 4.79 Å². The Bertz CT molecular complexity index is 507. The van der Waals surface area contributed by atoms with Crippen molar-refractivity contribution >= 4 is 5.97 Å². The summed E-state index contributed by atoms with van der Waals surface area (Å²) in [5.41, 5.74) is 2.34. The molecule has 4 heteroatoms. The molecule has 21 heavy (non-hydrogen) atoms. The van der Waals surface area contributed by atoms with Crippen LogP contribution in [0.25, 0.3) is 0 Å². The van der Waals surface area contributed by atoms with Crippen molar-refractivity contribution in [2.45, 2.75) is 26.3 Å². The first-order valence-corrected chi connectivity index (χ1v) is 7.44. The predicted octanol–water partition coefficient (Wildman–Crippen LogP) is 2.52. The Kier molecular flexibility index (Phi) is 5.53. The average molecular weight is 288 g/mol. The Balaban J connectivity index is 2.22. The molecule has 1 aromatic carbocycles. The summed E-state index contributed by atoms with van der Waals surface area (Å²) in [5, 5.41) is 3.38. The molecule has 0 bridgehead atoms. The molecular formula is C17H24N2O2. The van der Waals surface area contributed by atoms with Crippen LogP contribution in [0.5, 0.6) is 5.75 Å². The zero-order valence-corrected chi connectivity index (χ0v) is 12.9. The molecule has 0 aliphatic carbocycles. The largest absolute Gasteiger partial charge is 0.427 e. The lowest BCUT2D eigenvalue weighted by Crippen LogP contribution is -2.45. The molecule has 114 valence electrons. The lowest BCUT2D eigenvalue weighted by molar-refractivity contribution is -0.131. The van der Waals surface area contributed by atoms with Gasteiger partial charge in [0.05, 0.1) is 0 Å². The minimum absolute atomic E-state index is 0.286. The molecule has 2 rings (SSSR count). The normalized spacial score (nSPS) is 17.2. The van der Waals surface area contributed by atoms with E-state index in [0.717, 1.165) is 38.2 Å². The summed E-state index contributed by atoms with van der Waals surface area (Å²) in [5.74, 6) is 0.327. The van der Waals surface area contributed by atoms with Crippen molar-refractivity contribution in [3.63, 3.8) is 0 Å². The van der Waals surface area contributed by atoms with E-state index in [-0.39, 0.29) is 5.97 Å². The van der Waals surface area contributed by atoms with Gasteiger partial charge in [0.2, 0.25) is 0 Å². The summed E-state index contributed by atoms with van der Waals surface area (Å²) in [4.78, 5) is 13.6. The van der Waals surface area contributed by atoms with E-state index in [0.29, 0.717) is 11.8 Å². The van der Waals surface area contributed by atoms with Crippen LogP contribution >= 0.6 is 0 Å². The molecule has 0 saturated carbocycles. The standard InChI is InChI=1S/C17H24N2O2/c1-13(2)11-17(19-9-7-18-8-10-19)15-5-4-6-16(12-15)21-14(3)20/h4-6,12,17-18H,1,7-11H2,2-3H3/t17-/m0/s1. The molecule has 0 amide bonds. The first-order chi connectivity index (χ1) is 10.1. The van der Waals surface area contributed by atoms with E-state index < -0.39 is 0 Å². The molecule has 0 radical (unpaired) electrons. The number of nitrogens with one attached hydrogen (secondary N) is 1. The Morgan fingerprint density at radius 1 is 1.38 bits per heavy atom. The summed E-state index contributed by atoms with van der Waals surface area (Å²) in [6.45, 7) is 11.6. The molecule has 1 fully saturated rings. The molecule has 1 N–H and O–H groups in total. The second-order valence-corrected chi connectivity index (χ2v) is 5.63. The Hall–Kier alpha value is -1.65. The lowest BCUT2D eigenvalue weighted by Gasteiger charge is -2.35. The van der Waals surface area contributed by atoms with Crippen LogP contribution in [-0.4, -0.2) is 37.0 Å². The molecule has 1 heterocycles. The van der Waals surface area contributed by atoms with Crippen molar-refractivity contribution in [3.8, 4) is 5.75 Å². The molecule has 0 spiro atoms. The summed E-state index contributed by atoms with van der Waals surface area (Å²) >= 11 is 0. The summed E-state index contributed by atoms with van der Waals surface area (Å²) in [6.07, 6.45) is 0.920. The van der Waals surface area contributed by atoms with Gasteiger partial charge in [0.15, 0.2) is 0 Å². The van der Waals surface area contributed by atoms with Gasteiger partial charge < -0.3 is 10.1 Å². The van der Waals surface area contributed by atoms with Crippen molar-refractivity contribution in [3.05, 3.63) is 42.0 Å². The van der Waals surface area contributed by atoms with E-state index >= 15 is 0 Å². The molecule has 1 saturated heterocycles. The highest BCUT2D eigenvalue weighted by atomic mass is 16.5. The first kappa shape index (κ1) is 15.7. The SMILES string of the molecule is C=C(C)C[C@@H](c1cccc(OC(C)=O)c1)N1CCNCC1. The Morgan fingerprint density at radius 3 is 2.71 bits per heavy atom. The third-order valence-corrected chi connectivity index (χ3v) is 3.64. The molecule has 1 aliphatic heterocycles. The fourth-order valence-electron chi connectivity index (χ4n) is 2.73. The number of hydrogen-bond acceptors (Lipinski definition) is 4. The van der Waals surface area contributed by atoms with E-state index in [2.05, 4.69) is 29.8 Å². The van der Waals surface area contributed by atoms with Crippen molar-refractivity contribution < 1.29 is 9.53 Å². The maximum absolute atomic E-state index is 11.1.